The van der Waals surface area contributed by atoms with E-state index in [1.807, 2.05) is 0 Å². The largest absolute Gasteiger partial charge is 0.481 e. The van der Waals surface area contributed by atoms with Gasteiger partial charge in [0.05, 0.1) is 0 Å². The molecule has 1 aromatic carbocycles. The van der Waals surface area contributed by atoms with E-state index in [9.17, 15) is 14.0 Å². The zero-order chi connectivity index (χ0) is 15.2. The Bertz CT molecular complexity index is 498. The van der Waals surface area contributed by atoms with Crippen molar-refractivity contribution in [2.75, 3.05) is 0 Å². The lowest BCUT2D eigenvalue weighted by atomic mass is 10.1. The van der Waals surface area contributed by atoms with Gasteiger partial charge in [0.15, 0.2) is 6.10 Å². The molecule has 1 atom stereocenters. The predicted octanol–water partition coefficient (Wildman–Crippen LogP) is 1.93. The first kappa shape index (κ1) is 15.3. The van der Waals surface area contributed by atoms with E-state index in [4.69, 9.17) is 4.74 Å². The van der Waals surface area contributed by atoms with Crippen molar-refractivity contribution in [2.24, 2.45) is 5.92 Å². The molecular weight excluding hydrogens is 275 g/mol. The van der Waals surface area contributed by atoms with Crippen molar-refractivity contribution in [1.29, 1.82) is 0 Å². The summed E-state index contributed by atoms with van der Waals surface area (Å²) in [6.07, 6.45) is 3.04. The molecule has 1 aliphatic rings. The topological polar surface area (TPSA) is 67.4 Å². The lowest BCUT2D eigenvalue weighted by molar-refractivity contribution is -0.134. The number of benzene rings is 1. The molecule has 2 rings (SSSR count). The van der Waals surface area contributed by atoms with Crippen LogP contribution in [0.25, 0.3) is 0 Å². The van der Waals surface area contributed by atoms with E-state index in [1.165, 1.54) is 24.3 Å². The number of hydrogen-bond acceptors (Lipinski definition) is 3. The number of amides is 2. The Morgan fingerprint density at radius 1 is 1.19 bits per heavy atom. The molecule has 2 N–H and O–H groups in total. The third kappa shape index (κ3) is 4.44. The van der Waals surface area contributed by atoms with Crippen LogP contribution in [-0.4, -0.2) is 17.9 Å². The van der Waals surface area contributed by atoms with Crippen LogP contribution in [0.3, 0.4) is 0 Å². The fourth-order valence-corrected chi connectivity index (χ4v) is 2.29. The van der Waals surface area contributed by atoms with Crippen LogP contribution in [0.2, 0.25) is 0 Å². The van der Waals surface area contributed by atoms with Gasteiger partial charge >= 0.3 is 0 Å². The first-order chi connectivity index (χ1) is 10.1. The second-order valence-corrected chi connectivity index (χ2v) is 5.17. The number of ether oxygens (including phenoxy) is 1. The normalized spacial score (nSPS) is 16.3. The van der Waals surface area contributed by atoms with Crippen LogP contribution >= 0.6 is 0 Å². The van der Waals surface area contributed by atoms with E-state index in [-0.39, 0.29) is 17.6 Å². The average Bonchev–Trinajstić information content (AvgIpc) is 3.01. The molecule has 0 unspecified atom stereocenters. The SMILES string of the molecule is C[C@H](Oc1ccc(F)cc1)C(=O)NNC(=O)C1CCCC1. The number of carbonyl (C=O) groups is 2. The Morgan fingerprint density at radius 3 is 2.43 bits per heavy atom. The van der Waals surface area contributed by atoms with Gasteiger partial charge in [0.2, 0.25) is 5.91 Å². The van der Waals surface area contributed by atoms with Crippen molar-refractivity contribution < 1.29 is 18.7 Å². The van der Waals surface area contributed by atoms with Crippen LogP contribution < -0.4 is 15.6 Å². The average molecular weight is 294 g/mol. The molecule has 0 radical (unpaired) electrons. The van der Waals surface area contributed by atoms with Gasteiger partial charge in [-0.15, -0.1) is 0 Å². The molecule has 0 spiro atoms. The number of carbonyl (C=O) groups excluding carboxylic acids is 2. The highest BCUT2D eigenvalue weighted by atomic mass is 19.1. The summed E-state index contributed by atoms with van der Waals surface area (Å²) >= 11 is 0. The Hall–Kier alpha value is -2.11. The summed E-state index contributed by atoms with van der Waals surface area (Å²) in [6.45, 7) is 1.56. The molecule has 0 aromatic heterocycles. The summed E-state index contributed by atoms with van der Waals surface area (Å²) in [5, 5.41) is 0. The van der Waals surface area contributed by atoms with Crippen molar-refractivity contribution in [2.45, 2.75) is 38.7 Å². The minimum absolute atomic E-state index is 0.0152. The molecule has 0 heterocycles. The molecule has 0 aliphatic heterocycles. The summed E-state index contributed by atoms with van der Waals surface area (Å²) in [7, 11) is 0. The molecule has 1 aromatic rings. The van der Waals surface area contributed by atoms with Gasteiger partial charge in [0, 0.05) is 5.92 Å². The van der Waals surface area contributed by atoms with E-state index in [0.717, 1.165) is 25.7 Å². The fraction of sp³-hybridized carbons (Fsp3) is 0.467. The second kappa shape index (κ2) is 7.06. The second-order valence-electron chi connectivity index (χ2n) is 5.17. The van der Waals surface area contributed by atoms with Crippen molar-refractivity contribution in [3.63, 3.8) is 0 Å². The summed E-state index contributed by atoms with van der Waals surface area (Å²) in [4.78, 5) is 23.6. The molecule has 21 heavy (non-hydrogen) atoms. The van der Waals surface area contributed by atoms with Crippen LogP contribution in [0.5, 0.6) is 5.75 Å². The smallest absolute Gasteiger partial charge is 0.279 e. The zero-order valence-corrected chi connectivity index (χ0v) is 11.9. The molecule has 0 bridgehead atoms. The summed E-state index contributed by atoms with van der Waals surface area (Å²) in [5.41, 5.74) is 4.77. The Kier molecular flexibility index (Phi) is 5.14. The minimum Gasteiger partial charge on any atom is -0.481 e. The standard InChI is InChI=1S/C15H19FN2O3/c1-10(21-13-8-6-12(16)7-9-13)14(19)17-18-15(20)11-4-2-3-5-11/h6-11H,2-5H2,1H3,(H,17,19)(H,18,20)/t10-/m0/s1. The fourth-order valence-electron chi connectivity index (χ4n) is 2.29. The van der Waals surface area contributed by atoms with Crippen molar-refractivity contribution >= 4 is 11.8 Å². The van der Waals surface area contributed by atoms with Gasteiger partial charge < -0.3 is 4.74 Å². The van der Waals surface area contributed by atoms with Gasteiger partial charge in [0.25, 0.3) is 5.91 Å². The monoisotopic (exact) mass is 294 g/mol. The van der Waals surface area contributed by atoms with Gasteiger partial charge in [-0.25, -0.2) is 4.39 Å². The molecule has 1 saturated carbocycles. The van der Waals surface area contributed by atoms with Gasteiger partial charge in [-0.1, -0.05) is 12.8 Å². The quantitative estimate of drug-likeness (QED) is 0.834. The van der Waals surface area contributed by atoms with Crippen LogP contribution in [-0.2, 0) is 9.59 Å². The van der Waals surface area contributed by atoms with E-state index in [1.54, 1.807) is 6.92 Å². The Morgan fingerprint density at radius 2 is 1.81 bits per heavy atom. The van der Waals surface area contributed by atoms with E-state index < -0.39 is 12.0 Å². The van der Waals surface area contributed by atoms with Crippen LogP contribution in [0.1, 0.15) is 32.6 Å². The highest BCUT2D eigenvalue weighted by molar-refractivity contribution is 5.85. The first-order valence-corrected chi connectivity index (χ1v) is 7.08. The van der Waals surface area contributed by atoms with Gasteiger partial charge in [-0.3, -0.25) is 20.4 Å². The molecule has 6 heteroatoms. The third-order valence-corrected chi connectivity index (χ3v) is 3.53. The van der Waals surface area contributed by atoms with Gasteiger partial charge in [-0.05, 0) is 44.0 Å². The minimum atomic E-state index is -0.792. The van der Waals surface area contributed by atoms with Crippen molar-refractivity contribution in [1.82, 2.24) is 10.9 Å². The summed E-state index contributed by atoms with van der Waals surface area (Å²) in [5.74, 6) is -0.608. The number of hydrazine groups is 1. The van der Waals surface area contributed by atoms with Crippen molar-refractivity contribution in [3.05, 3.63) is 30.1 Å². The Labute approximate surface area is 122 Å². The third-order valence-electron chi connectivity index (χ3n) is 3.53. The van der Waals surface area contributed by atoms with Crippen LogP contribution in [0.4, 0.5) is 4.39 Å². The maximum Gasteiger partial charge on any atom is 0.279 e. The molecule has 0 saturated heterocycles. The Balaban J connectivity index is 1.76. The van der Waals surface area contributed by atoms with Crippen molar-refractivity contribution in [3.8, 4) is 5.75 Å². The van der Waals surface area contributed by atoms with Crippen LogP contribution in [0.15, 0.2) is 24.3 Å². The van der Waals surface area contributed by atoms with E-state index in [0.29, 0.717) is 5.75 Å². The predicted molar refractivity (Wildman–Crippen MR) is 74.7 cm³/mol. The van der Waals surface area contributed by atoms with E-state index >= 15 is 0 Å². The summed E-state index contributed by atoms with van der Waals surface area (Å²) in [6, 6.07) is 5.39. The molecule has 1 fully saturated rings. The van der Waals surface area contributed by atoms with Gasteiger partial charge in [-0.2, -0.15) is 0 Å². The van der Waals surface area contributed by atoms with Crippen LogP contribution in [0, 0.1) is 11.7 Å². The highest BCUT2D eigenvalue weighted by Crippen LogP contribution is 2.24. The molecule has 114 valence electrons. The number of rotatable bonds is 4. The summed E-state index contributed by atoms with van der Waals surface area (Å²) < 4.78 is 18.1. The molecule has 1 aliphatic carbocycles. The first-order valence-electron chi connectivity index (χ1n) is 7.08. The molecule has 2 amide bonds. The van der Waals surface area contributed by atoms with E-state index in [2.05, 4.69) is 10.9 Å². The van der Waals surface area contributed by atoms with Gasteiger partial charge in [0.1, 0.15) is 11.6 Å². The maximum atomic E-state index is 12.8. The lowest BCUT2D eigenvalue weighted by Gasteiger charge is -2.16. The lowest BCUT2D eigenvalue weighted by Crippen LogP contribution is -2.48. The zero-order valence-electron chi connectivity index (χ0n) is 11.9. The maximum absolute atomic E-state index is 12.8. The number of nitrogens with one attached hydrogen (secondary N) is 2. The molecular formula is C15H19FN2O3. The highest BCUT2D eigenvalue weighted by Gasteiger charge is 2.23. The number of hydrogen-bond donors (Lipinski definition) is 2. The molecule has 5 nitrogen and oxygen atoms in total. The number of halogens is 1.